The average molecular weight is 323 g/mol. The molecule has 128 valence electrons. The van der Waals surface area contributed by atoms with E-state index in [1.807, 2.05) is 6.07 Å². The highest BCUT2D eigenvalue weighted by Crippen LogP contribution is 2.21. The molecule has 2 heterocycles. The van der Waals surface area contributed by atoms with Crippen LogP contribution in [-0.4, -0.2) is 50.5 Å². The number of hydrogen-bond acceptors (Lipinski definition) is 4. The van der Waals surface area contributed by atoms with Gasteiger partial charge in [-0.2, -0.15) is 0 Å². The van der Waals surface area contributed by atoms with E-state index in [2.05, 4.69) is 4.90 Å². The molecule has 1 aromatic rings. The van der Waals surface area contributed by atoms with Gasteiger partial charge >= 0.3 is 0 Å². The molecular formula is C18H26FNO3. The van der Waals surface area contributed by atoms with Crippen LogP contribution in [-0.2, 0) is 16.0 Å². The quantitative estimate of drug-likeness (QED) is 0.805. The molecule has 0 unspecified atom stereocenters. The Balaban J connectivity index is 1.41. The molecule has 0 spiro atoms. The van der Waals surface area contributed by atoms with Crippen LogP contribution >= 0.6 is 0 Å². The predicted molar refractivity (Wildman–Crippen MR) is 86.2 cm³/mol. The van der Waals surface area contributed by atoms with Crippen molar-refractivity contribution < 1.29 is 18.6 Å². The molecule has 23 heavy (non-hydrogen) atoms. The largest absolute Gasteiger partial charge is 0.494 e. The van der Waals surface area contributed by atoms with Gasteiger partial charge in [0.15, 0.2) is 11.6 Å². The zero-order valence-electron chi connectivity index (χ0n) is 13.8. The minimum absolute atomic E-state index is 0.292. The number of likely N-dealkylation sites (tertiary alicyclic amines) is 1. The molecular weight excluding hydrogens is 297 g/mol. The summed E-state index contributed by atoms with van der Waals surface area (Å²) < 4.78 is 30.3. The highest BCUT2D eigenvalue weighted by Gasteiger charge is 2.22. The predicted octanol–water partition coefficient (Wildman–Crippen LogP) is 2.99. The lowest BCUT2D eigenvalue weighted by atomic mass is 10.1. The standard InChI is InChI=1S/C18H26FNO3/c1-21-18-5-4-14(11-17(18)19)12-20-8-6-15(7-9-20)23-13-16-3-2-10-22-16/h4-5,11,15-16H,2-3,6-10,12-13H2,1H3/t16-/m0/s1. The van der Waals surface area contributed by atoms with Crippen LogP contribution in [0.4, 0.5) is 4.39 Å². The molecule has 2 saturated heterocycles. The van der Waals surface area contributed by atoms with E-state index in [1.165, 1.54) is 7.11 Å². The Kier molecular flexibility index (Phi) is 5.86. The number of methoxy groups -OCH3 is 1. The summed E-state index contributed by atoms with van der Waals surface area (Å²) >= 11 is 0. The highest BCUT2D eigenvalue weighted by atomic mass is 19.1. The van der Waals surface area contributed by atoms with Gasteiger partial charge in [-0.25, -0.2) is 4.39 Å². The number of rotatable bonds is 6. The fourth-order valence-corrected chi connectivity index (χ4v) is 3.32. The van der Waals surface area contributed by atoms with Gasteiger partial charge in [0.25, 0.3) is 0 Å². The molecule has 0 bridgehead atoms. The molecule has 4 nitrogen and oxygen atoms in total. The van der Waals surface area contributed by atoms with E-state index in [1.54, 1.807) is 12.1 Å². The maximum atomic E-state index is 13.7. The van der Waals surface area contributed by atoms with Crippen LogP contribution in [0.5, 0.6) is 5.75 Å². The Morgan fingerprint density at radius 1 is 1.26 bits per heavy atom. The van der Waals surface area contributed by atoms with Crippen LogP contribution in [0.2, 0.25) is 0 Å². The molecule has 1 atom stereocenters. The molecule has 2 aliphatic heterocycles. The van der Waals surface area contributed by atoms with E-state index < -0.39 is 0 Å². The molecule has 0 aliphatic carbocycles. The van der Waals surface area contributed by atoms with Crippen LogP contribution < -0.4 is 4.74 Å². The summed E-state index contributed by atoms with van der Waals surface area (Å²) in [4.78, 5) is 2.35. The third-order valence-corrected chi connectivity index (χ3v) is 4.70. The van der Waals surface area contributed by atoms with Gasteiger partial charge in [-0.3, -0.25) is 4.90 Å². The summed E-state index contributed by atoms with van der Waals surface area (Å²) in [5.41, 5.74) is 0.988. The van der Waals surface area contributed by atoms with Crippen molar-refractivity contribution in [3.8, 4) is 5.75 Å². The fourth-order valence-electron chi connectivity index (χ4n) is 3.32. The van der Waals surface area contributed by atoms with Crippen molar-refractivity contribution in [1.82, 2.24) is 4.90 Å². The zero-order valence-corrected chi connectivity index (χ0v) is 13.8. The van der Waals surface area contributed by atoms with Gasteiger partial charge in [-0.05, 0) is 43.4 Å². The second-order valence-corrected chi connectivity index (χ2v) is 6.41. The lowest BCUT2D eigenvalue weighted by molar-refractivity contribution is -0.0426. The molecule has 5 heteroatoms. The van der Waals surface area contributed by atoms with Gasteiger partial charge in [-0.1, -0.05) is 6.07 Å². The van der Waals surface area contributed by atoms with Crippen molar-refractivity contribution in [1.29, 1.82) is 0 Å². The zero-order chi connectivity index (χ0) is 16.1. The monoisotopic (exact) mass is 323 g/mol. The van der Waals surface area contributed by atoms with E-state index in [9.17, 15) is 4.39 Å². The molecule has 0 N–H and O–H groups in total. The second kappa shape index (κ2) is 8.08. The third-order valence-electron chi connectivity index (χ3n) is 4.70. The van der Waals surface area contributed by atoms with Crippen molar-refractivity contribution in [2.45, 2.75) is 44.4 Å². The first-order valence-electron chi connectivity index (χ1n) is 8.52. The molecule has 3 rings (SSSR count). The first kappa shape index (κ1) is 16.7. The first-order chi connectivity index (χ1) is 11.2. The van der Waals surface area contributed by atoms with Crippen LogP contribution in [0, 0.1) is 5.82 Å². The number of piperidine rings is 1. The summed E-state index contributed by atoms with van der Waals surface area (Å²) in [6.07, 6.45) is 4.99. The smallest absolute Gasteiger partial charge is 0.165 e. The van der Waals surface area contributed by atoms with Crippen LogP contribution in [0.3, 0.4) is 0 Å². The van der Waals surface area contributed by atoms with E-state index in [0.717, 1.165) is 64.1 Å². The number of hydrogen-bond donors (Lipinski definition) is 0. The van der Waals surface area contributed by atoms with E-state index >= 15 is 0 Å². The van der Waals surface area contributed by atoms with Gasteiger partial charge in [0.1, 0.15) is 0 Å². The maximum absolute atomic E-state index is 13.7. The topological polar surface area (TPSA) is 30.9 Å². The van der Waals surface area contributed by atoms with Crippen molar-refractivity contribution in [3.63, 3.8) is 0 Å². The first-order valence-corrected chi connectivity index (χ1v) is 8.52. The molecule has 0 amide bonds. The van der Waals surface area contributed by atoms with Crippen molar-refractivity contribution in [3.05, 3.63) is 29.6 Å². The van der Waals surface area contributed by atoms with Gasteiger partial charge in [-0.15, -0.1) is 0 Å². The SMILES string of the molecule is COc1ccc(CN2CCC(OC[C@@H]3CCCO3)CC2)cc1F. The van der Waals surface area contributed by atoms with Gasteiger partial charge in [0, 0.05) is 26.2 Å². The lowest BCUT2D eigenvalue weighted by Gasteiger charge is -2.32. The summed E-state index contributed by atoms with van der Waals surface area (Å²) in [5, 5.41) is 0. The number of halogens is 1. The molecule has 2 aliphatic rings. The Labute approximate surface area is 137 Å². The highest BCUT2D eigenvalue weighted by molar-refractivity contribution is 5.29. The van der Waals surface area contributed by atoms with Crippen LogP contribution in [0.1, 0.15) is 31.2 Å². The van der Waals surface area contributed by atoms with Crippen molar-refractivity contribution in [2.24, 2.45) is 0 Å². The third kappa shape index (κ3) is 4.66. The van der Waals surface area contributed by atoms with E-state index in [-0.39, 0.29) is 5.82 Å². The maximum Gasteiger partial charge on any atom is 0.165 e. The Morgan fingerprint density at radius 2 is 2.09 bits per heavy atom. The van der Waals surface area contributed by atoms with Crippen molar-refractivity contribution in [2.75, 3.05) is 33.4 Å². The van der Waals surface area contributed by atoms with E-state index in [0.29, 0.717) is 18.0 Å². The molecule has 0 radical (unpaired) electrons. The van der Waals surface area contributed by atoms with E-state index in [4.69, 9.17) is 14.2 Å². The average Bonchev–Trinajstić information content (AvgIpc) is 3.08. The fraction of sp³-hybridized carbons (Fsp3) is 0.667. The second-order valence-electron chi connectivity index (χ2n) is 6.41. The van der Waals surface area contributed by atoms with Crippen molar-refractivity contribution >= 4 is 0 Å². The molecule has 0 saturated carbocycles. The number of nitrogens with zero attached hydrogens (tertiary/aromatic N) is 1. The Bertz CT molecular complexity index is 497. The number of ether oxygens (including phenoxy) is 3. The Morgan fingerprint density at radius 3 is 2.74 bits per heavy atom. The number of benzene rings is 1. The summed E-state index contributed by atoms with van der Waals surface area (Å²) in [5.74, 6) is 0.00905. The van der Waals surface area contributed by atoms with Gasteiger partial charge in [0.05, 0.1) is 25.9 Å². The van der Waals surface area contributed by atoms with Gasteiger partial charge < -0.3 is 14.2 Å². The molecule has 1 aromatic carbocycles. The van der Waals surface area contributed by atoms with Gasteiger partial charge in [0.2, 0.25) is 0 Å². The summed E-state index contributed by atoms with van der Waals surface area (Å²) in [6, 6.07) is 5.20. The Hall–Kier alpha value is -1.17. The van der Waals surface area contributed by atoms with Crippen LogP contribution in [0.25, 0.3) is 0 Å². The minimum atomic E-state index is -0.292. The minimum Gasteiger partial charge on any atom is -0.494 e. The molecule has 0 aromatic heterocycles. The summed E-state index contributed by atoms with van der Waals surface area (Å²) in [7, 11) is 1.49. The summed E-state index contributed by atoms with van der Waals surface area (Å²) in [6.45, 7) is 4.37. The van der Waals surface area contributed by atoms with Crippen LogP contribution in [0.15, 0.2) is 18.2 Å². The lowest BCUT2D eigenvalue weighted by Crippen LogP contribution is -2.37. The normalized spacial score (nSPS) is 23.3. The molecule has 2 fully saturated rings.